The first-order chi connectivity index (χ1) is 14.9. The van der Waals surface area contributed by atoms with Crippen LogP contribution in [0.5, 0.6) is 0 Å². The lowest BCUT2D eigenvalue weighted by atomic mass is 10.1. The van der Waals surface area contributed by atoms with Crippen molar-refractivity contribution >= 4 is 28.2 Å². The number of nitro benzene ring substituents is 1. The maximum Gasteiger partial charge on any atom is 0.269 e. The molecule has 158 valence electrons. The zero-order valence-corrected chi connectivity index (χ0v) is 17.1. The molecule has 9 nitrogen and oxygen atoms in total. The fourth-order valence-electron chi connectivity index (χ4n) is 3.36. The van der Waals surface area contributed by atoms with E-state index in [9.17, 15) is 14.9 Å². The summed E-state index contributed by atoms with van der Waals surface area (Å²) in [6.07, 6.45) is 0.674. The van der Waals surface area contributed by atoms with Gasteiger partial charge in [-0.25, -0.2) is 0 Å². The Labute approximate surface area is 177 Å². The highest BCUT2D eigenvalue weighted by Crippen LogP contribution is 2.28. The van der Waals surface area contributed by atoms with Crippen LogP contribution in [0.4, 0.5) is 11.4 Å². The van der Waals surface area contributed by atoms with Crippen LogP contribution in [0.1, 0.15) is 19.7 Å². The molecule has 0 saturated carbocycles. The number of anilines is 1. The molecule has 0 bridgehead atoms. The molecule has 31 heavy (non-hydrogen) atoms. The lowest BCUT2D eigenvalue weighted by Crippen LogP contribution is -2.19. The molecule has 2 heterocycles. The SMILES string of the molecule is CC(C)Cc1nnc(-c2cc3ccccc3n2CC(=O)Nc2ccc([N+](=O)[O-])cc2)o1. The van der Waals surface area contributed by atoms with Crippen molar-refractivity contribution in [2.24, 2.45) is 5.92 Å². The number of nitro groups is 1. The molecule has 0 unspecified atom stereocenters. The maximum absolute atomic E-state index is 12.7. The fourth-order valence-corrected chi connectivity index (χ4v) is 3.36. The van der Waals surface area contributed by atoms with E-state index < -0.39 is 4.92 Å². The molecule has 9 heteroatoms. The van der Waals surface area contributed by atoms with E-state index >= 15 is 0 Å². The second kappa shape index (κ2) is 8.39. The third-order valence-corrected chi connectivity index (χ3v) is 4.74. The minimum absolute atomic E-state index is 0.0156. The molecule has 0 radical (unpaired) electrons. The number of aromatic nitrogens is 3. The molecule has 0 aliphatic carbocycles. The number of carbonyl (C=O) groups is 1. The zero-order chi connectivity index (χ0) is 22.0. The Bertz CT molecular complexity index is 1240. The van der Waals surface area contributed by atoms with Crippen molar-refractivity contribution in [3.05, 3.63) is 70.6 Å². The van der Waals surface area contributed by atoms with Crippen molar-refractivity contribution in [1.82, 2.24) is 14.8 Å². The molecule has 0 saturated heterocycles. The van der Waals surface area contributed by atoms with Gasteiger partial charge in [-0.3, -0.25) is 14.9 Å². The highest BCUT2D eigenvalue weighted by Gasteiger charge is 2.19. The highest BCUT2D eigenvalue weighted by atomic mass is 16.6. The Morgan fingerprint density at radius 2 is 1.90 bits per heavy atom. The minimum atomic E-state index is -0.484. The number of non-ortho nitro benzene ring substituents is 1. The van der Waals surface area contributed by atoms with E-state index in [-0.39, 0.29) is 18.1 Å². The van der Waals surface area contributed by atoms with E-state index in [4.69, 9.17) is 4.42 Å². The quantitative estimate of drug-likeness (QED) is 0.350. The van der Waals surface area contributed by atoms with Crippen LogP contribution in [0.2, 0.25) is 0 Å². The molecule has 2 aromatic carbocycles. The number of para-hydroxylation sites is 1. The monoisotopic (exact) mass is 419 g/mol. The van der Waals surface area contributed by atoms with Crippen LogP contribution in [-0.4, -0.2) is 25.6 Å². The molecule has 0 aliphatic heterocycles. The Hall–Kier alpha value is -4.01. The number of carbonyl (C=O) groups excluding carboxylic acids is 1. The average molecular weight is 419 g/mol. The Kier molecular flexibility index (Phi) is 5.48. The summed E-state index contributed by atoms with van der Waals surface area (Å²) in [7, 11) is 0. The van der Waals surface area contributed by atoms with Gasteiger partial charge in [0.1, 0.15) is 12.2 Å². The van der Waals surface area contributed by atoms with E-state index in [0.29, 0.717) is 35.5 Å². The normalized spacial score (nSPS) is 11.2. The van der Waals surface area contributed by atoms with E-state index in [2.05, 4.69) is 29.4 Å². The number of nitrogens with one attached hydrogen (secondary N) is 1. The second-order valence-corrected chi connectivity index (χ2v) is 7.63. The van der Waals surface area contributed by atoms with Crippen LogP contribution in [0.15, 0.2) is 59.0 Å². The summed E-state index contributed by atoms with van der Waals surface area (Å²) in [5.41, 5.74) is 1.96. The van der Waals surface area contributed by atoms with Gasteiger partial charge in [0.25, 0.3) is 11.6 Å². The van der Waals surface area contributed by atoms with Gasteiger partial charge in [-0.15, -0.1) is 10.2 Å². The van der Waals surface area contributed by atoms with Crippen molar-refractivity contribution in [3.63, 3.8) is 0 Å². The molecule has 2 aromatic heterocycles. The first-order valence-corrected chi connectivity index (χ1v) is 9.86. The third-order valence-electron chi connectivity index (χ3n) is 4.74. The molecule has 4 rings (SSSR count). The summed E-state index contributed by atoms with van der Waals surface area (Å²) in [5, 5.41) is 22.8. The molecule has 1 N–H and O–H groups in total. The molecular weight excluding hydrogens is 398 g/mol. The summed E-state index contributed by atoms with van der Waals surface area (Å²) in [5.74, 6) is 1.01. The maximum atomic E-state index is 12.7. The predicted molar refractivity (Wildman–Crippen MR) is 115 cm³/mol. The van der Waals surface area contributed by atoms with Gasteiger partial charge in [-0.2, -0.15) is 0 Å². The van der Waals surface area contributed by atoms with Gasteiger partial charge < -0.3 is 14.3 Å². The first kappa shape index (κ1) is 20.3. The molecule has 0 spiro atoms. The van der Waals surface area contributed by atoms with Crippen LogP contribution < -0.4 is 5.32 Å². The zero-order valence-electron chi connectivity index (χ0n) is 17.1. The van der Waals surface area contributed by atoms with Crippen molar-refractivity contribution in [2.45, 2.75) is 26.8 Å². The van der Waals surface area contributed by atoms with Gasteiger partial charge in [-0.05, 0) is 30.2 Å². The Balaban J connectivity index is 1.61. The number of fused-ring (bicyclic) bond motifs is 1. The number of benzene rings is 2. The van der Waals surface area contributed by atoms with Crippen molar-refractivity contribution < 1.29 is 14.1 Å². The van der Waals surface area contributed by atoms with Crippen molar-refractivity contribution in [2.75, 3.05) is 5.32 Å². The number of hydrogen-bond acceptors (Lipinski definition) is 6. The largest absolute Gasteiger partial charge is 0.419 e. The second-order valence-electron chi connectivity index (χ2n) is 7.63. The molecular formula is C22H21N5O4. The third kappa shape index (κ3) is 4.45. The van der Waals surface area contributed by atoms with E-state index in [1.807, 2.05) is 34.9 Å². The number of nitrogens with zero attached hydrogens (tertiary/aromatic N) is 4. The summed E-state index contributed by atoms with van der Waals surface area (Å²) < 4.78 is 7.67. The molecule has 4 aromatic rings. The summed E-state index contributed by atoms with van der Waals surface area (Å²) in [6, 6.07) is 15.3. The van der Waals surface area contributed by atoms with Crippen LogP contribution >= 0.6 is 0 Å². The minimum Gasteiger partial charge on any atom is -0.419 e. The van der Waals surface area contributed by atoms with E-state index in [0.717, 1.165) is 10.9 Å². The molecule has 0 aliphatic rings. The topological polar surface area (TPSA) is 116 Å². The Morgan fingerprint density at radius 1 is 1.16 bits per heavy atom. The van der Waals surface area contributed by atoms with Gasteiger partial charge in [0, 0.05) is 35.1 Å². The number of amides is 1. The molecule has 0 fully saturated rings. The van der Waals surface area contributed by atoms with Gasteiger partial charge in [0.05, 0.1) is 4.92 Å². The number of hydrogen-bond donors (Lipinski definition) is 1. The predicted octanol–water partition coefficient (Wildman–Crippen LogP) is 4.44. The standard InChI is InChI=1S/C22H21N5O4/c1-14(2)11-21-24-25-22(31-21)19-12-15-5-3-4-6-18(15)26(19)13-20(28)23-16-7-9-17(10-8-16)27(29)30/h3-10,12,14H,11,13H2,1-2H3,(H,23,28). The van der Waals surface area contributed by atoms with E-state index in [1.165, 1.54) is 24.3 Å². The molecule has 0 atom stereocenters. The Morgan fingerprint density at radius 3 is 2.61 bits per heavy atom. The van der Waals surface area contributed by atoms with Crippen LogP contribution in [0.25, 0.3) is 22.5 Å². The lowest BCUT2D eigenvalue weighted by molar-refractivity contribution is -0.384. The van der Waals surface area contributed by atoms with Gasteiger partial charge in [0.15, 0.2) is 0 Å². The summed E-state index contributed by atoms with van der Waals surface area (Å²) >= 11 is 0. The fraction of sp³-hybridized carbons (Fsp3) is 0.227. The smallest absolute Gasteiger partial charge is 0.269 e. The van der Waals surface area contributed by atoms with E-state index in [1.54, 1.807) is 0 Å². The lowest BCUT2D eigenvalue weighted by Gasteiger charge is -2.10. The van der Waals surface area contributed by atoms with Gasteiger partial charge >= 0.3 is 0 Å². The van der Waals surface area contributed by atoms with Crippen molar-refractivity contribution in [1.29, 1.82) is 0 Å². The summed E-state index contributed by atoms with van der Waals surface area (Å²) in [6.45, 7) is 4.16. The average Bonchev–Trinajstić information content (AvgIpc) is 3.32. The highest BCUT2D eigenvalue weighted by molar-refractivity contribution is 5.93. The first-order valence-electron chi connectivity index (χ1n) is 9.86. The molecule has 1 amide bonds. The van der Waals surface area contributed by atoms with Gasteiger partial charge in [-0.1, -0.05) is 32.0 Å². The van der Waals surface area contributed by atoms with Crippen LogP contribution in [0.3, 0.4) is 0 Å². The van der Waals surface area contributed by atoms with Crippen molar-refractivity contribution in [3.8, 4) is 11.6 Å². The van der Waals surface area contributed by atoms with Crippen LogP contribution in [0, 0.1) is 16.0 Å². The summed E-state index contributed by atoms with van der Waals surface area (Å²) in [4.78, 5) is 23.1. The number of rotatable bonds is 7. The van der Waals surface area contributed by atoms with Crippen LogP contribution in [-0.2, 0) is 17.8 Å². The van der Waals surface area contributed by atoms with Gasteiger partial charge in [0.2, 0.25) is 11.8 Å².